The van der Waals surface area contributed by atoms with Crippen LogP contribution in [-0.4, -0.2) is 18.6 Å². The average Bonchev–Trinajstić information content (AvgIpc) is 2.73. The predicted molar refractivity (Wildman–Crippen MR) is 70.3 cm³/mol. The molecule has 0 radical (unpaired) electrons. The molecule has 19 heavy (non-hydrogen) atoms. The molecule has 0 aliphatic rings. The van der Waals surface area contributed by atoms with Crippen molar-refractivity contribution >= 4 is 27.4 Å². The van der Waals surface area contributed by atoms with Gasteiger partial charge >= 0.3 is 0 Å². The number of anilines is 1. The van der Waals surface area contributed by atoms with Crippen molar-refractivity contribution in [1.29, 1.82) is 5.26 Å². The van der Waals surface area contributed by atoms with Crippen molar-refractivity contribution in [2.45, 2.75) is 11.8 Å². The first-order valence-electron chi connectivity index (χ1n) is 5.16. The van der Waals surface area contributed by atoms with E-state index >= 15 is 0 Å². The van der Waals surface area contributed by atoms with E-state index in [9.17, 15) is 8.42 Å². The molecule has 0 bridgehead atoms. The van der Waals surface area contributed by atoms with E-state index in [-0.39, 0.29) is 15.7 Å². The standard InChI is InChI=1S/C11H9ClN4O2S/c1-7-6-14-15-11(7)16-19(17,18)10-3-2-8(5-13)4-9(10)12/h2-4,6H,1H3,(H2,14,15,16). The lowest BCUT2D eigenvalue weighted by Gasteiger charge is -2.08. The van der Waals surface area contributed by atoms with Crippen LogP contribution in [0.3, 0.4) is 0 Å². The number of rotatable bonds is 3. The minimum Gasteiger partial charge on any atom is -0.263 e. The largest absolute Gasteiger partial charge is 0.264 e. The molecule has 2 N–H and O–H groups in total. The molecule has 0 unspecified atom stereocenters. The van der Waals surface area contributed by atoms with E-state index in [1.165, 1.54) is 24.4 Å². The monoisotopic (exact) mass is 296 g/mol. The van der Waals surface area contributed by atoms with Gasteiger partial charge in [0.1, 0.15) is 10.7 Å². The van der Waals surface area contributed by atoms with Gasteiger partial charge in [0.05, 0.1) is 22.9 Å². The third kappa shape index (κ3) is 2.70. The maximum absolute atomic E-state index is 12.1. The number of nitriles is 1. The molecule has 0 amide bonds. The van der Waals surface area contributed by atoms with E-state index in [0.717, 1.165) is 0 Å². The van der Waals surface area contributed by atoms with Gasteiger partial charge in [0, 0.05) is 5.56 Å². The molecule has 0 atom stereocenters. The van der Waals surface area contributed by atoms with Crippen LogP contribution < -0.4 is 4.72 Å². The second-order valence-corrected chi connectivity index (χ2v) is 5.85. The lowest BCUT2D eigenvalue weighted by Crippen LogP contribution is -2.14. The molecule has 0 aliphatic heterocycles. The summed E-state index contributed by atoms with van der Waals surface area (Å²) < 4.78 is 26.6. The number of nitrogens with zero attached hydrogens (tertiary/aromatic N) is 2. The lowest BCUT2D eigenvalue weighted by molar-refractivity contribution is 0.601. The summed E-state index contributed by atoms with van der Waals surface area (Å²) in [7, 11) is -3.82. The van der Waals surface area contributed by atoms with Crippen molar-refractivity contribution in [3.05, 3.63) is 40.5 Å². The molecule has 0 fully saturated rings. The van der Waals surface area contributed by atoms with Crippen molar-refractivity contribution in [3.8, 4) is 6.07 Å². The topological polar surface area (TPSA) is 98.6 Å². The molecule has 6 nitrogen and oxygen atoms in total. The van der Waals surface area contributed by atoms with Crippen LogP contribution in [0.25, 0.3) is 0 Å². The quantitative estimate of drug-likeness (QED) is 0.905. The number of H-pyrrole nitrogens is 1. The van der Waals surface area contributed by atoms with Gasteiger partial charge in [0.25, 0.3) is 10.0 Å². The first kappa shape index (κ1) is 13.4. The number of aromatic amines is 1. The zero-order valence-corrected chi connectivity index (χ0v) is 11.4. The molecular weight excluding hydrogens is 288 g/mol. The Balaban J connectivity index is 2.41. The minimum atomic E-state index is -3.82. The number of halogens is 1. The second-order valence-electron chi connectivity index (χ2n) is 3.79. The van der Waals surface area contributed by atoms with Gasteiger partial charge in [-0.2, -0.15) is 10.4 Å². The van der Waals surface area contributed by atoms with Crippen LogP contribution in [0.5, 0.6) is 0 Å². The van der Waals surface area contributed by atoms with E-state index in [0.29, 0.717) is 11.1 Å². The van der Waals surface area contributed by atoms with Gasteiger partial charge in [0.15, 0.2) is 0 Å². The van der Waals surface area contributed by atoms with Crippen molar-refractivity contribution in [2.24, 2.45) is 0 Å². The van der Waals surface area contributed by atoms with Gasteiger partial charge in [-0.1, -0.05) is 11.6 Å². The summed E-state index contributed by atoms with van der Waals surface area (Å²) >= 11 is 5.88. The fourth-order valence-corrected chi connectivity index (χ4v) is 3.06. The number of aryl methyl sites for hydroxylation is 1. The first-order chi connectivity index (χ1) is 8.94. The SMILES string of the molecule is Cc1cn[nH]c1NS(=O)(=O)c1ccc(C#N)cc1Cl. The van der Waals surface area contributed by atoms with E-state index in [4.69, 9.17) is 16.9 Å². The van der Waals surface area contributed by atoms with E-state index in [2.05, 4.69) is 14.9 Å². The molecular formula is C11H9ClN4O2S. The van der Waals surface area contributed by atoms with Crippen LogP contribution in [-0.2, 0) is 10.0 Å². The molecule has 1 heterocycles. The summed E-state index contributed by atoms with van der Waals surface area (Å²) in [6.07, 6.45) is 1.50. The third-order valence-electron chi connectivity index (χ3n) is 2.42. The Labute approximate surface area is 115 Å². The van der Waals surface area contributed by atoms with Crippen LogP contribution in [0.1, 0.15) is 11.1 Å². The highest BCUT2D eigenvalue weighted by Gasteiger charge is 2.19. The van der Waals surface area contributed by atoms with Crippen LogP contribution in [0.4, 0.5) is 5.82 Å². The highest BCUT2D eigenvalue weighted by molar-refractivity contribution is 7.92. The number of hydrogen-bond donors (Lipinski definition) is 2. The highest BCUT2D eigenvalue weighted by atomic mass is 35.5. The van der Waals surface area contributed by atoms with Gasteiger partial charge in [-0.05, 0) is 25.1 Å². The fourth-order valence-electron chi connectivity index (χ4n) is 1.43. The number of aromatic nitrogens is 2. The van der Waals surface area contributed by atoms with Gasteiger partial charge in [-0.25, -0.2) is 8.42 Å². The van der Waals surface area contributed by atoms with Crippen LogP contribution in [0, 0.1) is 18.3 Å². The Hall–Kier alpha value is -2.04. The average molecular weight is 297 g/mol. The summed E-state index contributed by atoms with van der Waals surface area (Å²) in [5.41, 5.74) is 0.954. The number of hydrogen-bond acceptors (Lipinski definition) is 4. The summed E-state index contributed by atoms with van der Waals surface area (Å²) in [6.45, 7) is 1.71. The molecule has 2 rings (SSSR count). The first-order valence-corrected chi connectivity index (χ1v) is 7.02. The molecule has 8 heteroatoms. The van der Waals surface area contributed by atoms with Crippen molar-refractivity contribution in [3.63, 3.8) is 0 Å². The third-order valence-corrected chi connectivity index (χ3v) is 4.25. The summed E-state index contributed by atoms with van der Waals surface area (Å²) in [5, 5.41) is 15.0. The Morgan fingerprint density at radius 2 is 2.21 bits per heavy atom. The minimum absolute atomic E-state index is 0.0104. The number of nitrogens with one attached hydrogen (secondary N) is 2. The molecule has 0 saturated heterocycles. The van der Waals surface area contributed by atoms with Crippen molar-refractivity contribution in [2.75, 3.05) is 4.72 Å². The molecule has 0 saturated carbocycles. The maximum Gasteiger partial charge on any atom is 0.264 e. The van der Waals surface area contributed by atoms with Gasteiger partial charge in [-0.3, -0.25) is 9.82 Å². The smallest absolute Gasteiger partial charge is 0.263 e. The van der Waals surface area contributed by atoms with E-state index in [1.807, 2.05) is 6.07 Å². The van der Waals surface area contributed by atoms with E-state index < -0.39 is 10.0 Å². The zero-order chi connectivity index (χ0) is 14.0. The molecule has 98 valence electrons. The normalized spacial score (nSPS) is 11.0. The molecule has 0 aliphatic carbocycles. The van der Waals surface area contributed by atoms with Gasteiger partial charge in [-0.15, -0.1) is 0 Å². The van der Waals surface area contributed by atoms with Crippen LogP contribution in [0.2, 0.25) is 5.02 Å². The Bertz CT molecular complexity index is 761. The maximum atomic E-state index is 12.1. The van der Waals surface area contributed by atoms with Crippen LogP contribution in [0.15, 0.2) is 29.3 Å². The molecule has 1 aromatic heterocycles. The van der Waals surface area contributed by atoms with Crippen molar-refractivity contribution < 1.29 is 8.42 Å². The Morgan fingerprint density at radius 1 is 1.47 bits per heavy atom. The molecule has 0 spiro atoms. The lowest BCUT2D eigenvalue weighted by atomic mass is 10.2. The summed E-state index contributed by atoms with van der Waals surface area (Å²) in [4.78, 5) is -0.0952. The van der Waals surface area contributed by atoms with E-state index in [1.54, 1.807) is 6.92 Å². The predicted octanol–water partition coefficient (Wildman–Crippen LogP) is 2.04. The van der Waals surface area contributed by atoms with Gasteiger partial charge < -0.3 is 0 Å². The number of sulfonamides is 1. The fraction of sp³-hybridized carbons (Fsp3) is 0.0909. The summed E-state index contributed by atoms with van der Waals surface area (Å²) in [5.74, 6) is 0.278. The molecule has 2 aromatic rings. The summed E-state index contributed by atoms with van der Waals surface area (Å²) in [6, 6.07) is 5.86. The van der Waals surface area contributed by atoms with Crippen molar-refractivity contribution in [1.82, 2.24) is 10.2 Å². The molecule has 1 aromatic carbocycles. The second kappa shape index (κ2) is 4.91. The Kier molecular flexibility index (Phi) is 3.46. The zero-order valence-electron chi connectivity index (χ0n) is 9.81. The number of benzene rings is 1. The van der Waals surface area contributed by atoms with Crippen LogP contribution >= 0.6 is 11.6 Å². The Morgan fingerprint density at radius 3 is 2.74 bits per heavy atom. The van der Waals surface area contributed by atoms with Gasteiger partial charge in [0.2, 0.25) is 0 Å². The highest BCUT2D eigenvalue weighted by Crippen LogP contribution is 2.24.